The predicted molar refractivity (Wildman–Crippen MR) is 138 cm³/mol. The number of carbonyl (C=O) groups excluding carboxylic acids is 2. The molecule has 0 aromatic heterocycles. The normalized spacial score (nSPS) is 12.9. The Morgan fingerprint density at radius 1 is 1.09 bits per heavy atom. The first-order chi connectivity index (χ1) is 15.5. The Balaban J connectivity index is 2.22. The SMILES string of the molecule is CCC(C)NC(=O)C(C)N(Cc1ccc(Cl)cc1Cl)C(=O)COc1ccc(C(C)C)cc1Br. The van der Waals surface area contributed by atoms with Gasteiger partial charge in [0.25, 0.3) is 5.91 Å². The lowest BCUT2D eigenvalue weighted by molar-refractivity contribution is -0.142. The van der Waals surface area contributed by atoms with Gasteiger partial charge in [0.15, 0.2) is 6.61 Å². The molecular formula is C25H31BrCl2N2O3. The maximum absolute atomic E-state index is 13.2. The quantitative estimate of drug-likeness (QED) is 0.358. The van der Waals surface area contributed by atoms with Crippen LogP contribution in [0, 0.1) is 0 Å². The summed E-state index contributed by atoms with van der Waals surface area (Å²) in [6, 6.07) is 10.2. The van der Waals surface area contributed by atoms with Crippen LogP contribution in [0.4, 0.5) is 0 Å². The first kappa shape index (κ1) is 27.5. The number of rotatable bonds is 10. The minimum Gasteiger partial charge on any atom is -0.483 e. The van der Waals surface area contributed by atoms with E-state index < -0.39 is 6.04 Å². The third kappa shape index (κ3) is 7.90. The number of hydrogen-bond acceptors (Lipinski definition) is 3. The lowest BCUT2D eigenvalue weighted by atomic mass is 10.0. The lowest BCUT2D eigenvalue weighted by Gasteiger charge is -2.30. The van der Waals surface area contributed by atoms with Crippen molar-refractivity contribution in [3.05, 3.63) is 62.0 Å². The van der Waals surface area contributed by atoms with Crippen LogP contribution >= 0.6 is 39.1 Å². The number of amides is 2. The molecule has 180 valence electrons. The van der Waals surface area contributed by atoms with Crippen molar-refractivity contribution in [3.63, 3.8) is 0 Å². The van der Waals surface area contributed by atoms with Gasteiger partial charge in [0.05, 0.1) is 4.47 Å². The van der Waals surface area contributed by atoms with Crippen molar-refractivity contribution in [2.75, 3.05) is 6.61 Å². The molecule has 33 heavy (non-hydrogen) atoms. The van der Waals surface area contributed by atoms with Crippen molar-refractivity contribution < 1.29 is 14.3 Å². The van der Waals surface area contributed by atoms with E-state index in [4.69, 9.17) is 27.9 Å². The van der Waals surface area contributed by atoms with Gasteiger partial charge < -0.3 is 15.0 Å². The summed E-state index contributed by atoms with van der Waals surface area (Å²) in [4.78, 5) is 27.5. The molecular weight excluding hydrogens is 527 g/mol. The van der Waals surface area contributed by atoms with E-state index in [1.165, 1.54) is 4.90 Å². The standard InChI is InChI=1S/C25H31BrCl2N2O3/c1-6-16(4)29-25(32)17(5)30(13-19-7-9-20(27)12-22(19)28)24(31)14-33-23-10-8-18(15(2)3)11-21(23)26/h7-12,15-17H,6,13-14H2,1-5H3,(H,29,32). The van der Waals surface area contributed by atoms with E-state index in [9.17, 15) is 9.59 Å². The van der Waals surface area contributed by atoms with Gasteiger partial charge in [-0.3, -0.25) is 9.59 Å². The van der Waals surface area contributed by atoms with Crippen molar-refractivity contribution in [2.45, 2.75) is 65.6 Å². The van der Waals surface area contributed by atoms with Crippen LogP contribution in [0.1, 0.15) is 58.1 Å². The molecule has 8 heteroatoms. The highest BCUT2D eigenvalue weighted by Crippen LogP contribution is 2.29. The molecule has 0 aliphatic carbocycles. The number of hydrogen-bond donors (Lipinski definition) is 1. The lowest BCUT2D eigenvalue weighted by Crippen LogP contribution is -2.50. The van der Waals surface area contributed by atoms with Gasteiger partial charge in [-0.15, -0.1) is 0 Å². The summed E-state index contributed by atoms with van der Waals surface area (Å²) in [5.41, 5.74) is 1.86. The van der Waals surface area contributed by atoms with Gasteiger partial charge in [0.2, 0.25) is 5.91 Å². The third-order valence-corrected chi connectivity index (χ3v) is 6.70. The van der Waals surface area contributed by atoms with Gasteiger partial charge in [-0.05, 0) is 77.5 Å². The second-order valence-corrected chi connectivity index (χ2v) is 10.1. The van der Waals surface area contributed by atoms with Gasteiger partial charge in [-0.1, -0.05) is 56.1 Å². The smallest absolute Gasteiger partial charge is 0.261 e. The van der Waals surface area contributed by atoms with Gasteiger partial charge in [-0.25, -0.2) is 0 Å². The Bertz CT molecular complexity index is 984. The molecule has 2 aromatic carbocycles. The monoisotopic (exact) mass is 556 g/mol. The molecule has 5 nitrogen and oxygen atoms in total. The Kier molecular flexibility index (Phi) is 10.5. The third-order valence-electron chi connectivity index (χ3n) is 5.50. The number of halogens is 3. The molecule has 1 N–H and O–H groups in total. The maximum atomic E-state index is 13.2. The van der Waals surface area contributed by atoms with Crippen molar-refractivity contribution in [1.82, 2.24) is 10.2 Å². The second kappa shape index (κ2) is 12.6. The molecule has 0 radical (unpaired) electrons. The van der Waals surface area contributed by atoms with Crippen LogP contribution in [-0.4, -0.2) is 35.4 Å². The maximum Gasteiger partial charge on any atom is 0.261 e. The van der Waals surface area contributed by atoms with E-state index in [0.29, 0.717) is 27.3 Å². The summed E-state index contributed by atoms with van der Waals surface area (Å²) >= 11 is 15.9. The summed E-state index contributed by atoms with van der Waals surface area (Å²) in [5.74, 6) is 0.383. The number of nitrogens with zero attached hydrogens (tertiary/aromatic N) is 1. The summed E-state index contributed by atoms with van der Waals surface area (Å²) in [6.45, 7) is 9.77. The summed E-state index contributed by atoms with van der Waals surface area (Å²) in [6.07, 6.45) is 0.791. The molecule has 2 rings (SSSR count). The fourth-order valence-electron chi connectivity index (χ4n) is 3.10. The molecule has 0 fully saturated rings. The zero-order chi connectivity index (χ0) is 24.7. The van der Waals surface area contributed by atoms with Gasteiger partial charge in [0, 0.05) is 22.6 Å². The van der Waals surface area contributed by atoms with Crippen LogP contribution in [-0.2, 0) is 16.1 Å². The minimum atomic E-state index is -0.714. The van der Waals surface area contributed by atoms with Crippen LogP contribution in [0.5, 0.6) is 5.75 Å². The number of carbonyl (C=O) groups is 2. The molecule has 2 aromatic rings. The fraction of sp³-hybridized carbons (Fsp3) is 0.440. The van der Waals surface area contributed by atoms with E-state index >= 15 is 0 Å². The number of ether oxygens (including phenoxy) is 1. The van der Waals surface area contributed by atoms with Crippen LogP contribution in [0.15, 0.2) is 40.9 Å². The first-order valence-electron chi connectivity index (χ1n) is 11.0. The molecule has 2 unspecified atom stereocenters. The molecule has 2 amide bonds. The minimum absolute atomic E-state index is 0.00250. The van der Waals surface area contributed by atoms with E-state index in [2.05, 4.69) is 35.1 Å². The van der Waals surface area contributed by atoms with E-state index in [1.807, 2.05) is 32.0 Å². The van der Waals surface area contributed by atoms with E-state index in [1.54, 1.807) is 25.1 Å². The Morgan fingerprint density at radius 3 is 2.36 bits per heavy atom. The summed E-state index contributed by atoms with van der Waals surface area (Å²) in [7, 11) is 0. The average molecular weight is 558 g/mol. The zero-order valence-electron chi connectivity index (χ0n) is 19.6. The van der Waals surface area contributed by atoms with Crippen LogP contribution in [0.3, 0.4) is 0 Å². The highest BCUT2D eigenvalue weighted by atomic mass is 79.9. The van der Waals surface area contributed by atoms with Gasteiger partial charge >= 0.3 is 0 Å². The highest BCUT2D eigenvalue weighted by molar-refractivity contribution is 9.10. The van der Waals surface area contributed by atoms with E-state index in [0.717, 1.165) is 16.5 Å². The number of nitrogens with one attached hydrogen (secondary N) is 1. The van der Waals surface area contributed by atoms with E-state index in [-0.39, 0.29) is 31.0 Å². The molecule has 0 spiro atoms. The second-order valence-electron chi connectivity index (χ2n) is 8.38. The largest absolute Gasteiger partial charge is 0.483 e. The molecule has 2 atom stereocenters. The average Bonchev–Trinajstić information content (AvgIpc) is 2.76. The highest BCUT2D eigenvalue weighted by Gasteiger charge is 2.28. The number of benzene rings is 2. The Labute approximate surface area is 214 Å². The van der Waals surface area contributed by atoms with Crippen molar-refractivity contribution in [2.24, 2.45) is 0 Å². The Hall–Kier alpha value is -1.76. The topological polar surface area (TPSA) is 58.6 Å². The molecule has 0 saturated carbocycles. The first-order valence-corrected chi connectivity index (χ1v) is 12.5. The van der Waals surface area contributed by atoms with Crippen molar-refractivity contribution in [1.29, 1.82) is 0 Å². The Morgan fingerprint density at radius 2 is 1.79 bits per heavy atom. The van der Waals surface area contributed by atoms with Crippen LogP contribution < -0.4 is 10.1 Å². The predicted octanol–water partition coefficient (Wildman–Crippen LogP) is 6.59. The van der Waals surface area contributed by atoms with Gasteiger partial charge in [-0.2, -0.15) is 0 Å². The summed E-state index contributed by atoms with van der Waals surface area (Å²) in [5, 5.41) is 3.87. The van der Waals surface area contributed by atoms with Crippen molar-refractivity contribution in [3.8, 4) is 5.75 Å². The molecule has 0 heterocycles. The van der Waals surface area contributed by atoms with Crippen LogP contribution in [0.25, 0.3) is 0 Å². The van der Waals surface area contributed by atoms with Gasteiger partial charge in [0.1, 0.15) is 11.8 Å². The molecule has 0 saturated heterocycles. The fourth-order valence-corrected chi connectivity index (χ4v) is 4.08. The van der Waals surface area contributed by atoms with Crippen LogP contribution in [0.2, 0.25) is 10.0 Å². The molecule has 0 bridgehead atoms. The summed E-state index contributed by atoms with van der Waals surface area (Å²) < 4.78 is 6.58. The van der Waals surface area contributed by atoms with Crippen molar-refractivity contribution >= 4 is 50.9 Å². The molecule has 0 aliphatic heterocycles. The molecule has 0 aliphatic rings. The zero-order valence-corrected chi connectivity index (χ0v) is 22.7.